The second kappa shape index (κ2) is 7.38. The number of amides is 1. The van der Waals surface area contributed by atoms with Crippen LogP contribution in [0, 0.1) is 0 Å². The van der Waals surface area contributed by atoms with Gasteiger partial charge in [-0.15, -0.1) is 0 Å². The minimum absolute atomic E-state index is 0.204. The van der Waals surface area contributed by atoms with Crippen molar-refractivity contribution in [3.63, 3.8) is 0 Å². The second-order valence-corrected chi connectivity index (χ2v) is 6.29. The maximum Gasteiger partial charge on any atom is 0.258 e. The summed E-state index contributed by atoms with van der Waals surface area (Å²) >= 11 is 0. The quantitative estimate of drug-likeness (QED) is 0.836. The Morgan fingerprint density at radius 1 is 0.966 bits per heavy atom. The molecule has 29 heavy (non-hydrogen) atoms. The van der Waals surface area contributed by atoms with Gasteiger partial charge in [0.2, 0.25) is 5.90 Å². The highest BCUT2D eigenvalue weighted by molar-refractivity contribution is 6.24. The third kappa shape index (κ3) is 3.12. The van der Waals surface area contributed by atoms with E-state index in [0.717, 1.165) is 5.56 Å². The number of hydrogen-bond acceptors (Lipinski definition) is 7. The molecule has 2 aliphatic rings. The Morgan fingerprint density at radius 3 is 2.28 bits per heavy atom. The highest BCUT2D eigenvalue weighted by Crippen LogP contribution is 2.42. The zero-order valence-electron chi connectivity index (χ0n) is 16.4. The molecule has 2 aromatic rings. The molecule has 1 N–H and O–H groups in total. The number of fused-ring (bicyclic) bond motifs is 2. The largest absolute Gasteiger partial charge is 0.496 e. The van der Waals surface area contributed by atoms with Gasteiger partial charge in [0.15, 0.2) is 17.7 Å². The first kappa shape index (κ1) is 18.7. The van der Waals surface area contributed by atoms with E-state index in [1.165, 1.54) is 14.2 Å². The molecule has 4 rings (SSSR count). The molecular weight excluding hydrogens is 376 g/mol. The van der Waals surface area contributed by atoms with Crippen LogP contribution in [0.3, 0.4) is 0 Å². The number of carbonyl (C=O) groups is 1. The molecule has 150 valence electrons. The normalized spacial score (nSPS) is 17.0. The van der Waals surface area contributed by atoms with Gasteiger partial charge in [-0.3, -0.25) is 4.79 Å². The van der Waals surface area contributed by atoms with E-state index < -0.39 is 6.17 Å². The number of para-hydroxylation sites is 1. The molecular formula is C21H20N2O6. The Bertz CT molecular complexity index is 1020. The van der Waals surface area contributed by atoms with Crippen LogP contribution in [0.1, 0.15) is 17.3 Å². The first-order valence-corrected chi connectivity index (χ1v) is 8.85. The molecule has 1 amide bonds. The lowest BCUT2D eigenvalue weighted by Crippen LogP contribution is -2.39. The summed E-state index contributed by atoms with van der Waals surface area (Å²) in [6.45, 7) is 0. The standard InChI is InChI=1S/C21H20N2O6/c1-25-12-9-15(27-3)17(16(10-12)28-4)19-22-20(24)13-8-11-6-5-7-14(26-2)18(11)29-21(13)23-19/h5-10,19H,1-4H3,(H,22,24). The molecule has 8 heteroatoms. The first-order chi connectivity index (χ1) is 14.1. The van der Waals surface area contributed by atoms with Gasteiger partial charge in [-0.25, -0.2) is 4.99 Å². The lowest BCUT2D eigenvalue weighted by atomic mass is 10.0. The van der Waals surface area contributed by atoms with Gasteiger partial charge in [-0.2, -0.15) is 0 Å². The molecule has 2 aliphatic heterocycles. The van der Waals surface area contributed by atoms with Crippen molar-refractivity contribution < 1.29 is 28.5 Å². The monoisotopic (exact) mass is 396 g/mol. The smallest absolute Gasteiger partial charge is 0.258 e. The zero-order chi connectivity index (χ0) is 20.5. The van der Waals surface area contributed by atoms with Gasteiger partial charge in [0, 0.05) is 17.7 Å². The van der Waals surface area contributed by atoms with Crippen molar-refractivity contribution in [2.24, 2.45) is 4.99 Å². The molecule has 0 saturated carbocycles. The number of carbonyl (C=O) groups excluding carboxylic acids is 1. The van der Waals surface area contributed by atoms with E-state index in [1.54, 1.807) is 38.5 Å². The van der Waals surface area contributed by atoms with E-state index in [2.05, 4.69) is 10.3 Å². The molecule has 0 fully saturated rings. The number of aliphatic imine (C=N–C) groups is 1. The molecule has 0 aliphatic carbocycles. The number of nitrogens with zero attached hydrogens (tertiary/aromatic N) is 1. The topological polar surface area (TPSA) is 87.6 Å². The van der Waals surface area contributed by atoms with Gasteiger partial charge in [0.05, 0.1) is 34.0 Å². The fourth-order valence-electron chi connectivity index (χ4n) is 3.33. The van der Waals surface area contributed by atoms with Gasteiger partial charge in [-0.05, 0) is 12.1 Å². The molecule has 2 aromatic carbocycles. The number of nitrogens with one attached hydrogen (secondary N) is 1. The zero-order valence-corrected chi connectivity index (χ0v) is 16.4. The molecule has 2 heterocycles. The predicted octanol–water partition coefficient (Wildman–Crippen LogP) is 2.72. The van der Waals surface area contributed by atoms with E-state index in [4.69, 9.17) is 23.7 Å². The van der Waals surface area contributed by atoms with Gasteiger partial charge < -0.3 is 29.0 Å². The molecule has 1 atom stereocenters. The van der Waals surface area contributed by atoms with Crippen molar-refractivity contribution in [3.8, 4) is 28.7 Å². The SMILES string of the molecule is COc1cc(OC)c(C2N=C3Oc4c(cccc4OC)C=C3C(=O)N2)c(OC)c1. The van der Waals surface area contributed by atoms with Crippen molar-refractivity contribution in [3.05, 3.63) is 47.0 Å². The van der Waals surface area contributed by atoms with Crippen LogP contribution in [0.15, 0.2) is 40.9 Å². The fraction of sp³-hybridized carbons (Fsp3) is 0.238. The van der Waals surface area contributed by atoms with E-state index in [-0.39, 0.29) is 11.8 Å². The van der Waals surface area contributed by atoms with Crippen molar-refractivity contribution >= 4 is 17.9 Å². The predicted molar refractivity (Wildman–Crippen MR) is 106 cm³/mol. The Labute approximate surface area is 167 Å². The summed E-state index contributed by atoms with van der Waals surface area (Å²) in [6, 6.07) is 8.87. The molecule has 8 nitrogen and oxygen atoms in total. The average molecular weight is 396 g/mol. The summed E-state index contributed by atoms with van der Waals surface area (Å²) in [5.74, 6) is 2.46. The van der Waals surface area contributed by atoms with Crippen molar-refractivity contribution in [2.75, 3.05) is 28.4 Å². The highest BCUT2D eigenvalue weighted by atomic mass is 16.5. The van der Waals surface area contributed by atoms with E-state index in [0.29, 0.717) is 39.9 Å². The third-order valence-electron chi connectivity index (χ3n) is 4.74. The van der Waals surface area contributed by atoms with Crippen LogP contribution in [-0.4, -0.2) is 40.2 Å². The van der Waals surface area contributed by atoms with Gasteiger partial charge >= 0.3 is 0 Å². The van der Waals surface area contributed by atoms with Gasteiger partial charge in [-0.1, -0.05) is 12.1 Å². The van der Waals surface area contributed by atoms with Crippen LogP contribution in [0.4, 0.5) is 0 Å². The van der Waals surface area contributed by atoms with E-state index >= 15 is 0 Å². The summed E-state index contributed by atoms with van der Waals surface area (Å²) in [7, 11) is 6.16. The highest BCUT2D eigenvalue weighted by Gasteiger charge is 2.35. The first-order valence-electron chi connectivity index (χ1n) is 8.85. The number of rotatable bonds is 5. The summed E-state index contributed by atoms with van der Waals surface area (Å²) in [5, 5.41) is 2.87. The van der Waals surface area contributed by atoms with Gasteiger partial charge in [0.1, 0.15) is 22.8 Å². The lowest BCUT2D eigenvalue weighted by molar-refractivity contribution is -0.118. The third-order valence-corrected chi connectivity index (χ3v) is 4.74. The summed E-state index contributed by atoms with van der Waals surface area (Å²) in [5.41, 5.74) is 1.64. The van der Waals surface area contributed by atoms with Crippen LogP contribution in [0.25, 0.3) is 6.08 Å². The van der Waals surface area contributed by atoms with Crippen molar-refractivity contribution in [1.29, 1.82) is 0 Å². The summed E-state index contributed by atoms with van der Waals surface area (Å²) < 4.78 is 27.6. The number of ether oxygens (including phenoxy) is 5. The summed E-state index contributed by atoms with van der Waals surface area (Å²) in [6.07, 6.45) is 0.968. The minimum Gasteiger partial charge on any atom is -0.496 e. The van der Waals surface area contributed by atoms with E-state index in [1.807, 2.05) is 12.1 Å². The maximum absolute atomic E-state index is 12.8. The van der Waals surface area contributed by atoms with Crippen molar-refractivity contribution in [2.45, 2.75) is 6.17 Å². The average Bonchev–Trinajstić information content (AvgIpc) is 2.76. The number of hydrogen-bond donors (Lipinski definition) is 1. The van der Waals surface area contributed by atoms with E-state index in [9.17, 15) is 4.79 Å². The fourth-order valence-corrected chi connectivity index (χ4v) is 3.33. The molecule has 0 radical (unpaired) electrons. The number of benzene rings is 2. The molecule has 0 saturated heterocycles. The van der Waals surface area contributed by atoms with Crippen LogP contribution in [-0.2, 0) is 4.79 Å². The van der Waals surface area contributed by atoms with Crippen LogP contribution >= 0.6 is 0 Å². The minimum atomic E-state index is -0.762. The number of methoxy groups -OCH3 is 4. The van der Waals surface area contributed by atoms with Gasteiger partial charge in [0.25, 0.3) is 5.91 Å². The van der Waals surface area contributed by atoms with Crippen LogP contribution in [0.2, 0.25) is 0 Å². The molecule has 0 bridgehead atoms. The maximum atomic E-state index is 12.8. The molecule has 0 spiro atoms. The molecule has 1 unspecified atom stereocenters. The van der Waals surface area contributed by atoms with Crippen LogP contribution in [0.5, 0.6) is 28.7 Å². The lowest BCUT2D eigenvalue weighted by Gasteiger charge is -2.28. The summed E-state index contributed by atoms with van der Waals surface area (Å²) in [4.78, 5) is 17.4. The Balaban J connectivity index is 1.82. The van der Waals surface area contributed by atoms with Crippen molar-refractivity contribution in [1.82, 2.24) is 5.32 Å². The second-order valence-electron chi connectivity index (χ2n) is 6.29. The molecule has 0 aromatic heterocycles. The Morgan fingerprint density at radius 2 is 1.66 bits per heavy atom. The Hall–Kier alpha value is -3.68. The Kier molecular flexibility index (Phi) is 4.75. The van der Waals surface area contributed by atoms with Crippen LogP contribution < -0.4 is 29.0 Å².